The van der Waals surface area contributed by atoms with Crippen molar-refractivity contribution in [1.29, 1.82) is 0 Å². The van der Waals surface area contributed by atoms with Crippen molar-refractivity contribution in [2.24, 2.45) is 0 Å². The van der Waals surface area contributed by atoms with Crippen molar-refractivity contribution in [2.75, 3.05) is 13.1 Å². The molecular weight excluding hydrogens is 254 g/mol. The zero-order chi connectivity index (χ0) is 11.3. The largest absolute Gasteiger partial charge is 0.312 e. The van der Waals surface area contributed by atoms with Crippen LogP contribution in [0.4, 0.5) is 0 Å². The average molecular weight is 272 g/mol. The lowest BCUT2D eigenvalue weighted by Crippen LogP contribution is -2.18. The van der Waals surface area contributed by atoms with Gasteiger partial charge in [-0.15, -0.1) is 0 Å². The molecule has 0 unspecified atom stereocenters. The van der Waals surface area contributed by atoms with E-state index in [4.69, 9.17) is 0 Å². The zero-order valence-corrected chi connectivity index (χ0v) is 11.0. The van der Waals surface area contributed by atoms with Gasteiger partial charge in [0.1, 0.15) is 0 Å². The zero-order valence-electron chi connectivity index (χ0n) is 9.39. The fourth-order valence-electron chi connectivity index (χ4n) is 1.48. The van der Waals surface area contributed by atoms with Crippen LogP contribution < -0.4 is 5.32 Å². The highest BCUT2D eigenvalue weighted by Gasteiger charge is 1.99. The van der Waals surface area contributed by atoms with E-state index in [0.29, 0.717) is 0 Å². The van der Waals surface area contributed by atoms with E-state index < -0.39 is 0 Å². The number of aryl methyl sites for hydroxylation is 3. The minimum absolute atomic E-state index is 0.830. The molecular formula is C11H18BrN3. The van der Waals surface area contributed by atoms with Gasteiger partial charge in [-0.25, -0.2) is 0 Å². The minimum Gasteiger partial charge on any atom is -0.312 e. The molecule has 0 aliphatic heterocycles. The molecule has 0 aliphatic carbocycles. The molecule has 1 aromatic heterocycles. The minimum atomic E-state index is 0.830. The van der Waals surface area contributed by atoms with Gasteiger partial charge in [-0.3, -0.25) is 4.68 Å². The number of nitrogens with zero attached hydrogens (tertiary/aromatic N) is 2. The first kappa shape index (κ1) is 12.5. The molecule has 0 bridgehead atoms. The van der Waals surface area contributed by atoms with Gasteiger partial charge in [0.15, 0.2) is 0 Å². The molecule has 4 heteroatoms. The average Bonchev–Trinajstić information content (AvgIpc) is 2.44. The Morgan fingerprint density at radius 2 is 2.33 bits per heavy atom. The van der Waals surface area contributed by atoms with E-state index in [0.717, 1.165) is 36.2 Å². The molecule has 3 nitrogen and oxygen atoms in total. The van der Waals surface area contributed by atoms with E-state index in [2.05, 4.69) is 50.6 Å². The quantitative estimate of drug-likeness (QED) is 0.806. The summed E-state index contributed by atoms with van der Waals surface area (Å²) in [5.41, 5.74) is 2.33. The maximum atomic E-state index is 4.41. The van der Waals surface area contributed by atoms with Gasteiger partial charge in [0.25, 0.3) is 0 Å². The molecule has 0 atom stereocenters. The van der Waals surface area contributed by atoms with E-state index >= 15 is 0 Å². The Hall–Kier alpha value is -0.610. The number of nitrogens with one attached hydrogen (secondary N) is 1. The molecule has 0 aliphatic rings. The number of aromatic nitrogens is 2. The Kier molecular flexibility index (Phi) is 5.05. The molecule has 0 amide bonds. The highest BCUT2D eigenvalue weighted by atomic mass is 79.9. The summed E-state index contributed by atoms with van der Waals surface area (Å²) in [6, 6.07) is 2.10. The van der Waals surface area contributed by atoms with Crippen LogP contribution in [0.3, 0.4) is 0 Å². The van der Waals surface area contributed by atoms with Gasteiger partial charge in [-0.05, 0) is 32.9 Å². The smallest absolute Gasteiger partial charge is 0.0596 e. The monoisotopic (exact) mass is 271 g/mol. The summed E-state index contributed by atoms with van der Waals surface area (Å²) in [6.07, 6.45) is 1.09. The van der Waals surface area contributed by atoms with Crippen LogP contribution in [0.1, 0.15) is 17.8 Å². The SMILES string of the molecule is C=C(Br)CNCCCn1nc(C)cc1C. The van der Waals surface area contributed by atoms with Gasteiger partial charge >= 0.3 is 0 Å². The molecule has 0 saturated heterocycles. The van der Waals surface area contributed by atoms with Crippen molar-refractivity contribution in [3.63, 3.8) is 0 Å². The molecule has 1 rings (SSSR count). The Morgan fingerprint density at radius 1 is 1.60 bits per heavy atom. The van der Waals surface area contributed by atoms with Crippen molar-refractivity contribution in [3.05, 3.63) is 28.5 Å². The summed E-state index contributed by atoms with van der Waals surface area (Å²) in [4.78, 5) is 0. The van der Waals surface area contributed by atoms with E-state index in [-0.39, 0.29) is 0 Å². The maximum absolute atomic E-state index is 4.41. The molecule has 0 fully saturated rings. The summed E-state index contributed by atoms with van der Waals surface area (Å²) in [5.74, 6) is 0. The fourth-order valence-corrected chi connectivity index (χ4v) is 1.68. The Morgan fingerprint density at radius 3 is 2.87 bits per heavy atom. The number of hydrogen-bond donors (Lipinski definition) is 1. The molecule has 1 aromatic rings. The normalized spacial score (nSPS) is 10.6. The van der Waals surface area contributed by atoms with Gasteiger partial charge in [0, 0.05) is 23.3 Å². The third-order valence-corrected chi connectivity index (χ3v) is 2.42. The van der Waals surface area contributed by atoms with Crippen LogP contribution in [0.5, 0.6) is 0 Å². The summed E-state index contributed by atoms with van der Waals surface area (Å²) in [7, 11) is 0. The van der Waals surface area contributed by atoms with Gasteiger partial charge in [0.2, 0.25) is 0 Å². The lowest BCUT2D eigenvalue weighted by Gasteiger charge is -2.05. The first-order valence-electron chi connectivity index (χ1n) is 5.14. The predicted octanol–water partition coefficient (Wildman–Crippen LogP) is 2.39. The van der Waals surface area contributed by atoms with E-state index in [9.17, 15) is 0 Å². The Balaban J connectivity index is 2.20. The van der Waals surface area contributed by atoms with Crippen LogP contribution >= 0.6 is 15.9 Å². The Labute approximate surface area is 99.7 Å². The highest BCUT2D eigenvalue weighted by molar-refractivity contribution is 9.11. The standard InChI is InChI=1S/C11H18BrN3/c1-9(12)8-13-5-4-6-15-11(3)7-10(2)14-15/h7,13H,1,4-6,8H2,2-3H3. The second kappa shape index (κ2) is 6.08. The second-order valence-electron chi connectivity index (χ2n) is 3.70. The molecule has 0 radical (unpaired) electrons. The van der Waals surface area contributed by atoms with Crippen LogP contribution in [0.2, 0.25) is 0 Å². The van der Waals surface area contributed by atoms with Gasteiger partial charge in [-0.2, -0.15) is 5.10 Å². The lowest BCUT2D eigenvalue weighted by molar-refractivity contribution is 0.542. The van der Waals surface area contributed by atoms with E-state index in [1.54, 1.807) is 0 Å². The number of halogens is 1. The van der Waals surface area contributed by atoms with Crippen molar-refractivity contribution < 1.29 is 0 Å². The van der Waals surface area contributed by atoms with Gasteiger partial charge < -0.3 is 5.32 Å². The number of rotatable bonds is 6. The van der Waals surface area contributed by atoms with Crippen molar-refractivity contribution in [3.8, 4) is 0 Å². The first-order valence-corrected chi connectivity index (χ1v) is 5.94. The van der Waals surface area contributed by atoms with E-state index in [1.165, 1.54) is 5.69 Å². The van der Waals surface area contributed by atoms with Crippen LogP contribution in [-0.4, -0.2) is 22.9 Å². The second-order valence-corrected chi connectivity index (χ2v) is 4.82. The lowest BCUT2D eigenvalue weighted by atomic mass is 10.4. The molecule has 15 heavy (non-hydrogen) atoms. The predicted molar refractivity (Wildman–Crippen MR) is 67.3 cm³/mol. The summed E-state index contributed by atoms with van der Waals surface area (Å²) in [6.45, 7) is 10.7. The van der Waals surface area contributed by atoms with Crippen molar-refractivity contribution in [2.45, 2.75) is 26.8 Å². The topological polar surface area (TPSA) is 29.9 Å². The molecule has 84 valence electrons. The maximum Gasteiger partial charge on any atom is 0.0596 e. The fraction of sp³-hybridized carbons (Fsp3) is 0.545. The van der Waals surface area contributed by atoms with Crippen LogP contribution in [0.15, 0.2) is 17.1 Å². The summed E-state index contributed by atoms with van der Waals surface area (Å²) in [5, 5.41) is 7.70. The molecule has 0 saturated carbocycles. The summed E-state index contributed by atoms with van der Waals surface area (Å²) >= 11 is 3.31. The molecule has 1 N–H and O–H groups in total. The van der Waals surface area contributed by atoms with Gasteiger partial charge in [-0.1, -0.05) is 22.5 Å². The van der Waals surface area contributed by atoms with Gasteiger partial charge in [0.05, 0.1) is 5.69 Å². The molecule has 1 heterocycles. The van der Waals surface area contributed by atoms with Crippen molar-refractivity contribution >= 4 is 15.9 Å². The highest BCUT2D eigenvalue weighted by Crippen LogP contribution is 2.02. The third-order valence-electron chi connectivity index (χ3n) is 2.14. The van der Waals surface area contributed by atoms with E-state index in [1.807, 2.05) is 6.92 Å². The van der Waals surface area contributed by atoms with Crippen LogP contribution in [0, 0.1) is 13.8 Å². The molecule has 0 spiro atoms. The Bertz CT molecular complexity index is 331. The first-order chi connectivity index (χ1) is 7.09. The third kappa shape index (κ3) is 4.62. The van der Waals surface area contributed by atoms with Crippen LogP contribution in [0.25, 0.3) is 0 Å². The van der Waals surface area contributed by atoms with Crippen LogP contribution in [-0.2, 0) is 6.54 Å². The van der Waals surface area contributed by atoms with Crippen molar-refractivity contribution in [1.82, 2.24) is 15.1 Å². The molecule has 0 aromatic carbocycles. The summed E-state index contributed by atoms with van der Waals surface area (Å²) < 4.78 is 3.05. The number of hydrogen-bond acceptors (Lipinski definition) is 2.